The summed E-state index contributed by atoms with van der Waals surface area (Å²) in [5.41, 5.74) is 0. The summed E-state index contributed by atoms with van der Waals surface area (Å²) in [6.07, 6.45) is 0.750. The maximum absolute atomic E-state index is 9.43. The third kappa shape index (κ3) is 265. The van der Waals surface area contributed by atoms with Crippen LogP contribution in [0.2, 0.25) is 0 Å². The highest BCUT2D eigenvalue weighted by molar-refractivity contribution is 5.45. The highest BCUT2D eigenvalue weighted by Crippen LogP contribution is 1.52. The molecule has 0 unspecified atom stereocenters. The van der Waals surface area contributed by atoms with Gasteiger partial charge >= 0.3 is 0 Å². The van der Waals surface area contributed by atoms with Crippen LogP contribution in [0.3, 0.4) is 0 Å². The molecular weight excluding hydrogens is 142 g/mol. The van der Waals surface area contributed by atoms with Gasteiger partial charge in [0.25, 0.3) is 0 Å². The fraction of sp³-hybridized carbons (Fsp3) is 0.857. The van der Waals surface area contributed by atoms with E-state index < -0.39 is 0 Å². The summed E-state index contributed by atoms with van der Waals surface area (Å²) in [7, 11) is 10.9. The molecule has 0 radical (unpaired) electrons. The van der Waals surface area contributed by atoms with Crippen molar-refractivity contribution in [3.8, 4) is 0 Å². The molecule has 0 aliphatic rings. The van der Waals surface area contributed by atoms with Crippen LogP contribution >= 0.6 is 0 Å². The zero-order valence-corrected chi connectivity index (χ0v) is 8.43. The van der Waals surface area contributed by atoms with Gasteiger partial charge in [-0.15, -0.1) is 0 Å². The molecular formula is C7H21N3O. The van der Waals surface area contributed by atoms with Gasteiger partial charge in [-0.25, -0.2) is 0 Å². The Hall–Kier alpha value is -0.610. The minimum Gasteiger partial charge on any atom is -0.351 e. The summed E-state index contributed by atoms with van der Waals surface area (Å²) in [4.78, 5) is 10.9. The number of carbonyl (C=O) groups is 1. The fourth-order valence-electron chi connectivity index (χ4n) is 0. The van der Waals surface area contributed by atoms with Crippen molar-refractivity contribution in [1.29, 1.82) is 0 Å². The van der Waals surface area contributed by atoms with E-state index in [4.69, 9.17) is 0 Å². The Morgan fingerprint density at radius 3 is 1.09 bits per heavy atom. The Labute approximate surface area is 70.0 Å². The molecule has 0 aliphatic heterocycles. The van der Waals surface area contributed by atoms with Crippen LogP contribution in [0.25, 0.3) is 0 Å². The summed E-state index contributed by atoms with van der Waals surface area (Å²) in [5.74, 6) is 0. The molecule has 0 spiro atoms. The van der Waals surface area contributed by atoms with Crippen molar-refractivity contribution < 1.29 is 4.79 Å². The predicted molar refractivity (Wildman–Crippen MR) is 49.7 cm³/mol. The van der Waals surface area contributed by atoms with Crippen LogP contribution in [0.1, 0.15) is 0 Å². The zero-order valence-electron chi connectivity index (χ0n) is 8.43. The molecule has 4 heteroatoms. The second-order valence-electron chi connectivity index (χ2n) is 2.07. The second kappa shape index (κ2) is 22.8. The van der Waals surface area contributed by atoms with Gasteiger partial charge in [-0.3, -0.25) is 4.79 Å². The topological polar surface area (TPSA) is 44.4 Å². The van der Waals surface area contributed by atoms with Crippen LogP contribution in [-0.4, -0.2) is 53.6 Å². The Kier molecular flexibility index (Phi) is 34.7. The van der Waals surface area contributed by atoms with E-state index in [2.05, 4.69) is 10.6 Å². The van der Waals surface area contributed by atoms with Crippen molar-refractivity contribution in [1.82, 2.24) is 15.5 Å². The molecule has 0 heterocycles. The Morgan fingerprint density at radius 1 is 1.00 bits per heavy atom. The second-order valence-corrected chi connectivity index (χ2v) is 2.07. The molecule has 0 atom stereocenters. The van der Waals surface area contributed by atoms with Crippen molar-refractivity contribution in [3.05, 3.63) is 0 Å². The van der Waals surface area contributed by atoms with E-state index in [-0.39, 0.29) is 0 Å². The molecule has 1 amide bonds. The number of nitrogens with one attached hydrogen (secondary N) is 2. The van der Waals surface area contributed by atoms with Crippen molar-refractivity contribution in [2.45, 2.75) is 0 Å². The van der Waals surface area contributed by atoms with Crippen molar-refractivity contribution in [2.75, 3.05) is 42.3 Å². The summed E-state index contributed by atoms with van der Waals surface area (Å²) >= 11 is 0. The van der Waals surface area contributed by atoms with Gasteiger partial charge in [-0.05, 0) is 28.2 Å². The number of hydrogen-bond donors (Lipinski definition) is 2. The van der Waals surface area contributed by atoms with Gasteiger partial charge in [0.2, 0.25) is 6.41 Å². The monoisotopic (exact) mass is 163 g/mol. The maximum Gasteiger partial charge on any atom is 0.209 e. The lowest BCUT2D eigenvalue weighted by molar-refractivity contribution is -0.115. The fourth-order valence-corrected chi connectivity index (χ4v) is 0. The van der Waals surface area contributed by atoms with Gasteiger partial charge in [0.05, 0.1) is 0 Å². The summed E-state index contributed by atoms with van der Waals surface area (Å²) in [6, 6.07) is 0. The number of carbonyl (C=O) groups excluding carboxylic acids is 1. The first kappa shape index (κ1) is 16.8. The first-order chi connectivity index (χ1) is 5.10. The molecule has 0 aliphatic carbocycles. The Bertz CT molecular complexity index is 55.6. The number of nitrogens with zero attached hydrogens (tertiary/aromatic N) is 1. The minimum absolute atomic E-state index is 0.750. The number of rotatable bonds is 1. The minimum atomic E-state index is 0.750. The largest absolute Gasteiger partial charge is 0.351 e. The van der Waals surface area contributed by atoms with Crippen LogP contribution < -0.4 is 10.6 Å². The van der Waals surface area contributed by atoms with Crippen LogP contribution in [0, 0.1) is 0 Å². The highest BCUT2D eigenvalue weighted by atomic mass is 16.1. The molecule has 0 saturated carbocycles. The Balaban J connectivity index is -0.0000000933. The lowest BCUT2D eigenvalue weighted by Gasteiger charge is -1.93. The molecule has 4 nitrogen and oxygen atoms in total. The first-order valence-corrected chi connectivity index (χ1v) is 3.39. The molecule has 0 aromatic heterocycles. The van der Waals surface area contributed by atoms with Crippen molar-refractivity contribution in [3.63, 3.8) is 0 Å². The van der Waals surface area contributed by atoms with Crippen molar-refractivity contribution in [2.24, 2.45) is 0 Å². The van der Waals surface area contributed by atoms with Crippen LogP contribution in [0.15, 0.2) is 0 Å². The summed E-state index contributed by atoms with van der Waals surface area (Å²) < 4.78 is 0. The van der Waals surface area contributed by atoms with Gasteiger partial charge in [-0.2, -0.15) is 0 Å². The molecule has 0 fully saturated rings. The molecule has 11 heavy (non-hydrogen) atoms. The maximum atomic E-state index is 9.43. The predicted octanol–water partition coefficient (Wildman–Crippen LogP) is -0.624. The highest BCUT2D eigenvalue weighted by Gasteiger charge is 1.68. The van der Waals surface area contributed by atoms with E-state index in [9.17, 15) is 4.79 Å². The van der Waals surface area contributed by atoms with Gasteiger partial charge in [0.15, 0.2) is 0 Å². The molecule has 0 aromatic carbocycles. The van der Waals surface area contributed by atoms with Gasteiger partial charge in [-0.1, -0.05) is 0 Å². The van der Waals surface area contributed by atoms with Gasteiger partial charge in [0, 0.05) is 14.1 Å². The van der Waals surface area contributed by atoms with Crippen LogP contribution in [0.5, 0.6) is 0 Å². The third-order valence-corrected chi connectivity index (χ3v) is 0.211. The van der Waals surface area contributed by atoms with Gasteiger partial charge in [0.1, 0.15) is 0 Å². The van der Waals surface area contributed by atoms with E-state index in [1.165, 1.54) is 4.90 Å². The van der Waals surface area contributed by atoms with Crippen LogP contribution in [-0.2, 0) is 4.79 Å². The average Bonchev–Trinajstić information content (AvgIpc) is 1.91. The SMILES string of the molecule is CN(C)C=O.CNC.CNC. The van der Waals surface area contributed by atoms with Gasteiger partial charge < -0.3 is 15.5 Å². The van der Waals surface area contributed by atoms with E-state index >= 15 is 0 Å². The smallest absolute Gasteiger partial charge is 0.209 e. The molecule has 2 N–H and O–H groups in total. The summed E-state index contributed by atoms with van der Waals surface area (Å²) in [6.45, 7) is 0. The van der Waals surface area contributed by atoms with Crippen molar-refractivity contribution >= 4 is 6.41 Å². The average molecular weight is 163 g/mol. The first-order valence-electron chi connectivity index (χ1n) is 3.39. The number of hydrogen-bond acceptors (Lipinski definition) is 3. The zero-order chi connectivity index (χ0) is 9.70. The van der Waals surface area contributed by atoms with E-state index in [0.29, 0.717) is 0 Å². The summed E-state index contributed by atoms with van der Waals surface area (Å²) in [5, 5.41) is 5.50. The lowest BCUT2D eigenvalue weighted by Crippen LogP contribution is -2.06. The Morgan fingerprint density at radius 2 is 1.09 bits per heavy atom. The number of amides is 1. The molecule has 0 saturated heterocycles. The standard InChI is InChI=1S/C3H7NO.2C2H7N/c1-4(2)3-5;2*1-3-2/h3H,1-2H3;2*3H,1-2H3. The lowest BCUT2D eigenvalue weighted by atomic mass is 11.0. The third-order valence-electron chi connectivity index (χ3n) is 0.211. The van der Waals surface area contributed by atoms with Crippen LogP contribution in [0.4, 0.5) is 0 Å². The molecule has 0 rings (SSSR count). The normalized spacial score (nSPS) is 6.36. The van der Waals surface area contributed by atoms with E-state index in [1.54, 1.807) is 14.1 Å². The van der Waals surface area contributed by atoms with E-state index in [0.717, 1.165) is 6.41 Å². The molecule has 0 bridgehead atoms. The quantitative estimate of drug-likeness (QED) is 0.506. The van der Waals surface area contributed by atoms with E-state index in [1.807, 2.05) is 28.2 Å². The molecule has 0 aromatic rings. The molecule has 70 valence electrons.